The molecular formula is C137H86N10OS2. The number of hydrogen-bond donors (Lipinski definition) is 0. The Bertz CT molecular complexity index is 10400. The van der Waals surface area contributed by atoms with E-state index in [1.807, 2.05) is 126 Å². The second-order valence-corrected chi connectivity index (χ2v) is 39.8. The van der Waals surface area contributed by atoms with Gasteiger partial charge in [0.2, 0.25) is 5.95 Å². The Hall–Kier alpha value is -19.6. The number of hydrogen-bond acceptors (Lipinski definition) is 10. The van der Waals surface area contributed by atoms with Crippen LogP contribution in [0.4, 0.5) is 0 Å². The molecular weight excluding hydrogens is 1870 g/mol. The highest BCUT2D eigenvalue weighted by Crippen LogP contribution is 2.48. The second kappa shape index (κ2) is 37.6. The summed E-state index contributed by atoms with van der Waals surface area (Å²) in [4.78, 5) is 34.9. The summed E-state index contributed by atoms with van der Waals surface area (Å²) < 4.78 is 18.6. The maximum atomic E-state index is 6.40. The number of benzene rings is 21. The third-order valence-corrected chi connectivity index (χ3v) is 31.2. The van der Waals surface area contributed by atoms with Gasteiger partial charge in [0.15, 0.2) is 23.3 Å². The smallest absolute Gasteiger partial charge is 0.235 e. The van der Waals surface area contributed by atoms with Gasteiger partial charge in [0.05, 0.1) is 50.2 Å². The number of rotatable bonds is 15. The van der Waals surface area contributed by atoms with Gasteiger partial charge in [-0.15, -0.1) is 22.7 Å². The molecule has 0 aliphatic rings. The maximum Gasteiger partial charge on any atom is 0.235 e. The highest BCUT2D eigenvalue weighted by atomic mass is 32.1. The summed E-state index contributed by atoms with van der Waals surface area (Å²) in [6.07, 6.45) is 1.85. The molecule has 0 N–H and O–H groups in total. The molecule has 150 heavy (non-hydrogen) atoms. The molecule has 0 fully saturated rings. The molecule has 13 heteroatoms. The van der Waals surface area contributed by atoms with Crippen LogP contribution in [-0.4, -0.2) is 48.6 Å². The molecule has 0 saturated carbocycles. The minimum atomic E-state index is 0.639. The molecule has 21 aromatic carbocycles. The summed E-state index contributed by atoms with van der Waals surface area (Å²) in [7, 11) is 0. The topological polar surface area (TPSA) is 118 Å². The van der Waals surface area contributed by atoms with E-state index in [0.29, 0.717) is 29.2 Å². The lowest BCUT2D eigenvalue weighted by atomic mass is 9.98. The van der Waals surface area contributed by atoms with Gasteiger partial charge in [0.25, 0.3) is 0 Å². The SMILES string of the molecule is c1ccc(-c2cc(-c3ccccc3)nc(-c3cccc(-n4c5ccccc5c5cc(-c6cccc7c6sc6ccccc67)ccc54)c3)n2)cc1.c1ccc(-c2cccc(-c3ccc(-c4ccnc(-n5c6ccccc6c6cc(-c7cccc8c7oc7ccccc78)ccc65)n4)cc3)c2)cc1.c1ccc(-c2nc(-c3ccccc3)nc(-c3ccc(-n4c5ccccc5c5ccc(-c6cccc7c6sc6ccccc67)cc54)cc3)n2)cc1. The molecule has 0 aliphatic heterocycles. The van der Waals surface area contributed by atoms with Crippen molar-refractivity contribution in [2.45, 2.75) is 0 Å². The molecule has 9 aromatic heterocycles. The normalized spacial score (nSPS) is 11.6. The van der Waals surface area contributed by atoms with E-state index in [2.05, 4.69) is 432 Å². The van der Waals surface area contributed by atoms with E-state index >= 15 is 0 Å². The van der Waals surface area contributed by atoms with Crippen LogP contribution in [0.5, 0.6) is 0 Å². The van der Waals surface area contributed by atoms with Gasteiger partial charge in [0.1, 0.15) is 11.2 Å². The van der Waals surface area contributed by atoms with Crippen LogP contribution < -0.4 is 0 Å². The summed E-state index contributed by atoms with van der Waals surface area (Å²) in [5.41, 5.74) is 32.3. The first kappa shape index (κ1) is 88.2. The monoisotopic (exact) mass is 1950 g/mol. The fourth-order valence-corrected chi connectivity index (χ4v) is 24.1. The van der Waals surface area contributed by atoms with Crippen LogP contribution in [0.15, 0.2) is 526 Å². The Morgan fingerprint density at radius 2 is 0.547 bits per heavy atom. The van der Waals surface area contributed by atoms with Crippen molar-refractivity contribution in [1.82, 2.24) is 48.6 Å². The molecule has 0 atom stereocenters. The fraction of sp³-hybridized carbons (Fsp3) is 0. The van der Waals surface area contributed by atoms with Gasteiger partial charge < -0.3 is 13.6 Å². The van der Waals surface area contributed by atoms with E-state index in [-0.39, 0.29) is 0 Å². The second-order valence-electron chi connectivity index (χ2n) is 37.7. The van der Waals surface area contributed by atoms with Gasteiger partial charge in [-0.3, -0.25) is 4.57 Å². The number of furan rings is 1. The Labute approximate surface area is 870 Å². The van der Waals surface area contributed by atoms with Crippen LogP contribution in [0.1, 0.15) is 0 Å². The highest BCUT2D eigenvalue weighted by molar-refractivity contribution is 7.26. The number of nitrogens with zero attached hydrogens (tertiary/aromatic N) is 10. The van der Waals surface area contributed by atoms with Crippen LogP contribution in [0.3, 0.4) is 0 Å². The van der Waals surface area contributed by atoms with Crippen molar-refractivity contribution in [3.05, 3.63) is 522 Å². The molecule has 9 heterocycles. The molecule has 11 nitrogen and oxygen atoms in total. The van der Waals surface area contributed by atoms with Gasteiger partial charge in [-0.2, -0.15) is 0 Å². The summed E-state index contributed by atoms with van der Waals surface area (Å²) >= 11 is 3.75. The third kappa shape index (κ3) is 16.0. The van der Waals surface area contributed by atoms with Crippen molar-refractivity contribution in [2.75, 3.05) is 0 Å². The van der Waals surface area contributed by atoms with E-state index in [4.69, 9.17) is 39.3 Å². The molecule has 30 rings (SSSR count). The molecule has 0 aliphatic carbocycles. The minimum Gasteiger partial charge on any atom is -0.455 e. The lowest BCUT2D eigenvalue weighted by molar-refractivity contribution is 0.670. The zero-order valence-electron chi connectivity index (χ0n) is 80.8. The Morgan fingerprint density at radius 3 is 1.12 bits per heavy atom. The average Bonchev–Trinajstić information content (AvgIpc) is 1.59. The minimum absolute atomic E-state index is 0.639. The van der Waals surface area contributed by atoms with Crippen LogP contribution >= 0.6 is 22.7 Å². The Morgan fingerprint density at radius 1 is 0.180 bits per heavy atom. The first-order valence-corrected chi connectivity index (χ1v) is 52.0. The van der Waals surface area contributed by atoms with Crippen LogP contribution in [0.25, 0.3) is 280 Å². The van der Waals surface area contributed by atoms with Gasteiger partial charge in [-0.25, -0.2) is 34.9 Å². The van der Waals surface area contributed by atoms with Crippen molar-refractivity contribution in [3.63, 3.8) is 0 Å². The van der Waals surface area contributed by atoms with E-state index in [1.54, 1.807) is 0 Å². The molecule has 702 valence electrons. The van der Waals surface area contributed by atoms with Gasteiger partial charge in [0, 0.05) is 146 Å². The zero-order valence-corrected chi connectivity index (χ0v) is 82.5. The maximum absolute atomic E-state index is 6.40. The first-order valence-electron chi connectivity index (χ1n) is 50.4. The molecule has 0 radical (unpaired) electrons. The van der Waals surface area contributed by atoms with Crippen molar-refractivity contribution in [2.24, 2.45) is 0 Å². The molecule has 0 amide bonds. The highest BCUT2D eigenvalue weighted by Gasteiger charge is 2.25. The van der Waals surface area contributed by atoms with Crippen LogP contribution in [0.2, 0.25) is 0 Å². The van der Waals surface area contributed by atoms with Gasteiger partial charge in [-0.05, 0) is 171 Å². The largest absolute Gasteiger partial charge is 0.455 e. The lowest BCUT2D eigenvalue weighted by Crippen LogP contribution is -2.01. The zero-order chi connectivity index (χ0) is 99.1. The van der Waals surface area contributed by atoms with Crippen molar-refractivity contribution >= 4 is 150 Å². The molecule has 0 spiro atoms. The van der Waals surface area contributed by atoms with E-state index in [9.17, 15) is 0 Å². The fourth-order valence-electron chi connectivity index (χ4n) is 21.6. The Balaban J connectivity index is 0.000000108. The summed E-state index contributed by atoms with van der Waals surface area (Å²) in [6, 6.07) is 182. The van der Waals surface area contributed by atoms with Crippen molar-refractivity contribution in [3.8, 4) is 152 Å². The van der Waals surface area contributed by atoms with E-state index in [1.165, 1.54) is 123 Å². The molecule has 0 bridgehead atoms. The third-order valence-electron chi connectivity index (χ3n) is 28.8. The molecule has 0 unspecified atom stereocenters. The summed E-state index contributed by atoms with van der Waals surface area (Å²) in [5, 5.41) is 14.7. The molecule has 0 saturated heterocycles. The summed E-state index contributed by atoms with van der Waals surface area (Å²) in [6.45, 7) is 0. The predicted octanol–water partition coefficient (Wildman–Crippen LogP) is 36.8. The van der Waals surface area contributed by atoms with E-state index in [0.717, 1.165) is 128 Å². The number of thiophene rings is 2. The van der Waals surface area contributed by atoms with Crippen LogP contribution in [-0.2, 0) is 0 Å². The number of fused-ring (bicyclic) bond motifs is 18. The first-order chi connectivity index (χ1) is 74.3. The Kier molecular flexibility index (Phi) is 22.1. The quantitative estimate of drug-likeness (QED) is 0.0996. The predicted molar refractivity (Wildman–Crippen MR) is 625 cm³/mol. The van der Waals surface area contributed by atoms with Crippen molar-refractivity contribution < 1.29 is 4.42 Å². The van der Waals surface area contributed by atoms with Crippen LogP contribution in [0, 0.1) is 0 Å². The average molecular weight is 1950 g/mol. The number of para-hydroxylation sites is 5. The lowest BCUT2D eigenvalue weighted by Gasteiger charge is -2.12. The van der Waals surface area contributed by atoms with Gasteiger partial charge >= 0.3 is 0 Å². The summed E-state index contributed by atoms with van der Waals surface area (Å²) in [5.74, 6) is 3.29. The van der Waals surface area contributed by atoms with E-state index < -0.39 is 0 Å². The van der Waals surface area contributed by atoms with Gasteiger partial charge in [-0.1, -0.05) is 394 Å². The number of aromatic nitrogens is 10. The standard InChI is InChI=1S/C46H29N3O.C46H29N3S.C45H28N4S/c1-2-10-30(11-3-1)33-12-8-13-34(28-33)31-20-22-32(23-21-31)41-26-27-47-46(48-41)49-42-18-6-4-14-37(42)40-29-35(24-25-43(40)49)36-16-9-17-39-38-15-5-7-19-44(38)50-45(36)39;1-3-13-30(14-4-1)40-29-41(31-15-5-2-6-16-31)48-46(47-40)33-17-11-18-34(27-33)49-42-23-9-7-19-36(42)39-28-32(25-26-43(39)49)35-21-12-22-38-37-20-8-10-24-44(37)50-45(35)38;1-3-12-29(13-4-1)43-46-44(30-14-5-2-6-15-30)48-45(47-43)31-22-25-33(26-23-31)49-39-20-9-7-16-35(39)36-27-24-32(28-40(36)49)34-18-11-19-38-37-17-8-10-21-41(37)50-42(34)38/h2*1-29H;1-28H. The molecule has 30 aromatic rings. The van der Waals surface area contributed by atoms with Crippen molar-refractivity contribution in [1.29, 1.82) is 0 Å².